The maximum absolute atomic E-state index is 6.82. The van der Waals surface area contributed by atoms with E-state index in [2.05, 4.69) is 192 Å². The van der Waals surface area contributed by atoms with Crippen LogP contribution in [0, 0.1) is 0 Å². The second kappa shape index (κ2) is 14.1. The summed E-state index contributed by atoms with van der Waals surface area (Å²) < 4.78 is 26.1. The van der Waals surface area contributed by atoms with Gasteiger partial charge in [-0.3, -0.25) is 0 Å². The van der Waals surface area contributed by atoms with E-state index in [-0.39, 0.29) is 0 Å². The molecule has 68 heavy (non-hydrogen) atoms. The third-order valence-corrected chi connectivity index (χ3v) is 13.8. The van der Waals surface area contributed by atoms with Crippen molar-refractivity contribution < 1.29 is 17.7 Å². The molecule has 318 valence electrons. The molecule has 0 saturated carbocycles. The zero-order chi connectivity index (χ0) is 44.5. The van der Waals surface area contributed by atoms with E-state index >= 15 is 0 Å². The molecule has 0 aliphatic carbocycles. The summed E-state index contributed by atoms with van der Waals surface area (Å²) in [6.07, 6.45) is 0. The molecule has 15 aromatic rings. The lowest BCUT2D eigenvalue weighted by Gasteiger charge is -2.26. The minimum atomic E-state index is 0.828. The normalized spacial score (nSPS) is 12.1. The molecule has 0 N–H and O–H groups in total. The van der Waals surface area contributed by atoms with E-state index in [1.165, 1.54) is 0 Å². The first-order valence-electron chi connectivity index (χ1n) is 22.9. The van der Waals surface area contributed by atoms with Crippen LogP contribution in [0.25, 0.3) is 109 Å². The largest absolute Gasteiger partial charge is 0.456 e. The van der Waals surface area contributed by atoms with Crippen LogP contribution in [0.5, 0.6) is 0 Å². The van der Waals surface area contributed by atoms with Crippen molar-refractivity contribution in [2.75, 3.05) is 9.80 Å². The van der Waals surface area contributed by atoms with Crippen LogP contribution in [0.3, 0.4) is 0 Å². The summed E-state index contributed by atoms with van der Waals surface area (Å²) in [7, 11) is 0. The molecule has 0 atom stereocenters. The first kappa shape index (κ1) is 37.0. The lowest BCUT2D eigenvalue weighted by atomic mass is 10.00. The van der Waals surface area contributed by atoms with Crippen molar-refractivity contribution >= 4 is 143 Å². The minimum Gasteiger partial charge on any atom is -0.456 e. The minimum absolute atomic E-state index is 0.828. The quantitative estimate of drug-likeness (QED) is 0.166. The Morgan fingerprint density at radius 1 is 0.221 bits per heavy atom. The van der Waals surface area contributed by atoms with Gasteiger partial charge in [-0.1, -0.05) is 84.9 Å². The first-order valence-corrected chi connectivity index (χ1v) is 22.9. The molecule has 0 fully saturated rings. The summed E-state index contributed by atoms with van der Waals surface area (Å²) in [6.45, 7) is 0. The van der Waals surface area contributed by atoms with Crippen molar-refractivity contribution in [1.82, 2.24) is 0 Å². The van der Waals surface area contributed by atoms with Gasteiger partial charge in [0.25, 0.3) is 0 Å². The highest BCUT2D eigenvalue weighted by Crippen LogP contribution is 2.46. The van der Waals surface area contributed by atoms with Crippen molar-refractivity contribution in [1.29, 1.82) is 0 Å². The van der Waals surface area contributed by atoms with Crippen LogP contribution in [0.4, 0.5) is 34.1 Å². The molecular weight excluding hydrogens is 837 g/mol. The number of hydrogen-bond acceptors (Lipinski definition) is 6. The number of benzene rings is 11. The van der Waals surface area contributed by atoms with E-state index in [4.69, 9.17) is 17.7 Å². The highest BCUT2D eigenvalue weighted by molar-refractivity contribution is 6.30. The van der Waals surface area contributed by atoms with E-state index in [0.29, 0.717) is 0 Å². The van der Waals surface area contributed by atoms with E-state index in [0.717, 1.165) is 143 Å². The number of para-hydroxylation sites is 4. The van der Waals surface area contributed by atoms with Crippen molar-refractivity contribution in [3.8, 4) is 0 Å². The summed E-state index contributed by atoms with van der Waals surface area (Å²) in [5.41, 5.74) is 13.2. The molecule has 6 nitrogen and oxygen atoms in total. The second-order valence-corrected chi connectivity index (χ2v) is 17.6. The summed E-state index contributed by atoms with van der Waals surface area (Å²) in [4.78, 5) is 4.61. The Kier molecular flexibility index (Phi) is 7.69. The predicted octanol–water partition coefficient (Wildman–Crippen LogP) is 18.5. The van der Waals surface area contributed by atoms with Gasteiger partial charge in [0.15, 0.2) is 0 Å². The number of hydrogen-bond donors (Lipinski definition) is 0. The van der Waals surface area contributed by atoms with Gasteiger partial charge >= 0.3 is 0 Å². The van der Waals surface area contributed by atoms with Gasteiger partial charge in [0, 0.05) is 88.0 Å². The van der Waals surface area contributed by atoms with Crippen LogP contribution in [0.15, 0.2) is 236 Å². The van der Waals surface area contributed by atoms with Crippen LogP contribution in [-0.2, 0) is 0 Å². The number of anilines is 6. The zero-order valence-electron chi connectivity index (χ0n) is 36.3. The molecule has 0 radical (unpaired) electrons. The predicted molar refractivity (Wildman–Crippen MR) is 280 cm³/mol. The number of nitrogens with zero attached hydrogens (tertiary/aromatic N) is 2. The Labute approximate surface area is 387 Å². The van der Waals surface area contributed by atoms with Gasteiger partial charge in [-0.2, -0.15) is 0 Å². The molecule has 0 amide bonds. The monoisotopic (exact) mass is 872 g/mol. The molecule has 0 aliphatic rings. The Balaban J connectivity index is 0.851. The third kappa shape index (κ3) is 5.46. The summed E-state index contributed by atoms with van der Waals surface area (Å²) >= 11 is 0. The van der Waals surface area contributed by atoms with Crippen LogP contribution < -0.4 is 9.80 Å². The lowest BCUT2D eigenvalue weighted by Crippen LogP contribution is -2.09. The molecule has 4 heterocycles. The van der Waals surface area contributed by atoms with Gasteiger partial charge in [-0.05, 0) is 144 Å². The van der Waals surface area contributed by atoms with Crippen LogP contribution in [0.2, 0.25) is 0 Å². The third-order valence-electron chi connectivity index (χ3n) is 13.8. The Morgan fingerprint density at radius 3 is 1.06 bits per heavy atom. The molecular formula is C62H36N2O4. The van der Waals surface area contributed by atoms with Crippen LogP contribution in [0.1, 0.15) is 0 Å². The van der Waals surface area contributed by atoms with Gasteiger partial charge in [0.05, 0.1) is 0 Å². The SMILES string of the molecule is c1ccc(N(c2ccc3c(ccc4c3oc3ccc5oc6c7ccc(N(c8ccccc8)c8ccc9oc%10ccccc%10c9c8)cc7ccc6c5c34)c2)c2ccc3oc4ccccc4c3c2)cc1. The first-order chi connectivity index (χ1) is 33.7. The number of fused-ring (bicyclic) bond motifs is 17. The van der Waals surface area contributed by atoms with Gasteiger partial charge in [0.2, 0.25) is 0 Å². The van der Waals surface area contributed by atoms with Gasteiger partial charge in [0.1, 0.15) is 44.7 Å². The lowest BCUT2D eigenvalue weighted by molar-refractivity contribution is 0.666. The maximum Gasteiger partial charge on any atom is 0.143 e. The van der Waals surface area contributed by atoms with Gasteiger partial charge in [-0.15, -0.1) is 0 Å². The topological polar surface area (TPSA) is 59.0 Å². The summed E-state index contributed by atoms with van der Waals surface area (Å²) in [6, 6.07) is 76.6. The standard InChI is InChI=1S/C62H36N2O4/c1-3-11-39(12-4-1)63(43-23-29-55-51(35-43)47-15-7-9-17-53(47)65-55)41-21-27-45-37(33-41)19-25-49-59-57(67-61(45)49)31-32-58-60(59)50-26-20-38-34-42(22-28-46(38)62(50)68-58)64(40-13-5-2-6-14-40)44-24-30-56-52(36-44)48-16-8-10-18-54(48)66-56/h1-36H. The number of furan rings is 4. The molecule has 4 aromatic heterocycles. The average molecular weight is 873 g/mol. The highest BCUT2D eigenvalue weighted by Gasteiger charge is 2.22. The average Bonchev–Trinajstić information content (AvgIpc) is 4.17. The van der Waals surface area contributed by atoms with Crippen molar-refractivity contribution in [3.63, 3.8) is 0 Å². The zero-order valence-corrected chi connectivity index (χ0v) is 36.3. The molecule has 0 bridgehead atoms. The fourth-order valence-electron chi connectivity index (χ4n) is 10.7. The second-order valence-electron chi connectivity index (χ2n) is 17.6. The number of rotatable bonds is 6. The fraction of sp³-hybridized carbons (Fsp3) is 0. The van der Waals surface area contributed by atoms with Crippen molar-refractivity contribution in [2.45, 2.75) is 0 Å². The smallest absolute Gasteiger partial charge is 0.143 e. The summed E-state index contributed by atoms with van der Waals surface area (Å²) in [5, 5.41) is 12.9. The maximum atomic E-state index is 6.82. The fourth-order valence-corrected chi connectivity index (χ4v) is 10.7. The molecule has 11 aromatic carbocycles. The molecule has 0 spiro atoms. The Bertz CT molecular complexity index is 4230. The van der Waals surface area contributed by atoms with E-state index in [1.807, 2.05) is 36.4 Å². The molecule has 0 saturated heterocycles. The summed E-state index contributed by atoms with van der Waals surface area (Å²) in [5.74, 6) is 0. The van der Waals surface area contributed by atoms with E-state index in [1.54, 1.807) is 0 Å². The highest BCUT2D eigenvalue weighted by atomic mass is 16.3. The Morgan fingerprint density at radius 2 is 0.588 bits per heavy atom. The van der Waals surface area contributed by atoms with E-state index < -0.39 is 0 Å². The van der Waals surface area contributed by atoms with Crippen molar-refractivity contribution in [2.24, 2.45) is 0 Å². The van der Waals surface area contributed by atoms with E-state index in [9.17, 15) is 0 Å². The van der Waals surface area contributed by atoms with Crippen molar-refractivity contribution in [3.05, 3.63) is 218 Å². The molecule has 0 unspecified atom stereocenters. The van der Waals surface area contributed by atoms with Crippen LogP contribution >= 0.6 is 0 Å². The Hall–Kier alpha value is -9.26. The van der Waals surface area contributed by atoms with Gasteiger partial charge in [-0.25, -0.2) is 0 Å². The molecule has 0 aliphatic heterocycles. The van der Waals surface area contributed by atoms with Gasteiger partial charge < -0.3 is 27.5 Å². The molecule has 15 rings (SSSR count). The molecule has 6 heteroatoms. The van der Waals surface area contributed by atoms with Crippen LogP contribution in [-0.4, -0.2) is 0 Å².